The second kappa shape index (κ2) is 6.61. The smallest absolute Gasteiger partial charge is 0.257 e. The summed E-state index contributed by atoms with van der Waals surface area (Å²) in [4.78, 5) is 12.1. The fourth-order valence-corrected chi connectivity index (χ4v) is 2.64. The molecule has 0 bridgehead atoms. The maximum atomic E-state index is 12.1. The molecule has 1 aromatic carbocycles. The Labute approximate surface area is 123 Å². The lowest BCUT2D eigenvalue weighted by Crippen LogP contribution is -2.11. The fourth-order valence-electron chi connectivity index (χ4n) is 1.81. The first kappa shape index (κ1) is 14.7. The monoisotopic (exact) mass is 289 g/mol. The molecule has 0 spiro atoms. The second-order valence-electron chi connectivity index (χ2n) is 4.98. The Balaban J connectivity index is 2.03. The average molecular weight is 289 g/mol. The van der Waals surface area contributed by atoms with Crippen LogP contribution >= 0.6 is 11.3 Å². The molecular formula is C15H19N3OS. The highest BCUT2D eigenvalue weighted by Crippen LogP contribution is 2.18. The summed E-state index contributed by atoms with van der Waals surface area (Å²) in [6, 6.07) is 7.67. The van der Waals surface area contributed by atoms with Crippen molar-refractivity contribution in [3.05, 3.63) is 40.4 Å². The summed E-state index contributed by atoms with van der Waals surface area (Å²) in [6.45, 7) is 6.35. The van der Waals surface area contributed by atoms with Crippen molar-refractivity contribution in [2.45, 2.75) is 39.5 Å². The van der Waals surface area contributed by atoms with Gasteiger partial charge in [0.05, 0.1) is 0 Å². The van der Waals surface area contributed by atoms with Crippen LogP contribution in [0.4, 0.5) is 5.13 Å². The molecule has 106 valence electrons. The number of hydrogen-bond acceptors (Lipinski definition) is 4. The van der Waals surface area contributed by atoms with Gasteiger partial charge in [-0.15, -0.1) is 10.2 Å². The number of nitrogens with one attached hydrogen (secondary N) is 1. The summed E-state index contributed by atoms with van der Waals surface area (Å²) in [5.74, 6) is 0.325. The first-order valence-corrected chi connectivity index (χ1v) is 7.65. The van der Waals surface area contributed by atoms with Gasteiger partial charge in [0.1, 0.15) is 5.01 Å². The molecule has 1 aromatic heterocycles. The Morgan fingerprint density at radius 3 is 2.55 bits per heavy atom. The Morgan fingerprint density at radius 1 is 1.25 bits per heavy atom. The number of nitrogens with zero attached hydrogens (tertiary/aromatic N) is 2. The van der Waals surface area contributed by atoms with E-state index >= 15 is 0 Å². The summed E-state index contributed by atoms with van der Waals surface area (Å²) in [6.07, 6.45) is 1.93. The van der Waals surface area contributed by atoms with Gasteiger partial charge in [-0.05, 0) is 30.0 Å². The molecule has 0 atom stereocenters. The molecule has 0 fully saturated rings. The van der Waals surface area contributed by atoms with Crippen LogP contribution < -0.4 is 5.32 Å². The second-order valence-corrected chi connectivity index (χ2v) is 6.04. The van der Waals surface area contributed by atoms with E-state index in [1.54, 1.807) is 0 Å². The number of hydrogen-bond donors (Lipinski definition) is 1. The molecule has 2 rings (SSSR count). The van der Waals surface area contributed by atoms with Gasteiger partial charge in [0.25, 0.3) is 5.91 Å². The van der Waals surface area contributed by atoms with Crippen molar-refractivity contribution in [2.24, 2.45) is 0 Å². The van der Waals surface area contributed by atoms with Crippen molar-refractivity contribution < 1.29 is 4.79 Å². The maximum absolute atomic E-state index is 12.1. The normalized spacial score (nSPS) is 10.8. The first-order valence-electron chi connectivity index (χ1n) is 6.83. The van der Waals surface area contributed by atoms with E-state index in [0.29, 0.717) is 16.6 Å². The van der Waals surface area contributed by atoms with Crippen molar-refractivity contribution in [2.75, 3.05) is 5.32 Å². The lowest BCUT2D eigenvalue weighted by molar-refractivity contribution is 0.102. The first-order chi connectivity index (χ1) is 9.60. The third-order valence-corrected chi connectivity index (χ3v) is 3.89. The van der Waals surface area contributed by atoms with E-state index in [9.17, 15) is 4.79 Å². The molecule has 0 saturated heterocycles. The van der Waals surface area contributed by atoms with Crippen LogP contribution in [0.1, 0.15) is 54.0 Å². The van der Waals surface area contributed by atoms with E-state index < -0.39 is 0 Å². The number of rotatable bonds is 5. The summed E-state index contributed by atoms with van der Waals surface area (Å²) >= 11 is 1.43. The highest BCUT2D eigenvalue weighted by molar-refractivity contribution is 7.15. The van der Waals surface area contributed by atoms with E-state index in [0.717, 1.165) is 17.8 Å². The molecule has 0 aliphatic heterocycles. The summed E-state index contributed by atoms with van der Waals surface area (Å²) < 4.78 is 0. The number of carbonyl (C=O) groups is 1. The van der Waals surface area contributed by atoms with Crippen molar-refractivity contribution in [3.8, 4) is 0 Å². The van der Waals surface area contributed by atoms with Gasteiger partial charge in [-0.1, -0.05) is 44.2 Å². The lowest BCUT2D eigenvalue weighted by atomic mass is 10.0. The lowest BCUT2D eigenvalue weighted by Gasteiger charge is -2.06. The molecule has 1 N–H and O–H groups in total. The molecule has 2 aromatic rings. The molecular weight excluding hydrogens is 270 g/mol. The molecule has 5 heteroatoms. The van der Waals surface area contributed by atoms with Crippen LogP contribution in [-0.4, -0.2) is 16.1 Å². The largest absolute Gasteiger partial charge is 0.296 e. The Morgan fingerprint density at radius 2 is 1.95 bits per heavy atom. The Bertz CT molecular complexity index is 575. The maximum Gasteiger partial charge on any atom is 0.257 e. The minimum atomic E-state index is -0.139. The van der Waals surface area contributed by atoms with Crippen molar-refractivity contribution in [3.63, 3.8) is 0 Å². The van der Waals surface area contributed by atoms with Gasteiger partial charge in [0.2, 0.25) is 5.13 Å². The summed E-state index contributed by atoms with van der Waals surface area (Å²) in [5.41, 5.74) is 1.87. The van der Waals surface area contributed by atoms with Crippen LogP contribution in [0.25, 0.3) is 0 Å². The quantitative estimate of drug-likeness (QED) is 0.909. The van der Waals surface area contributed by atoms with Gasteiger partial charge in [-0.2, -0.15) is 0 Å². The Kier molecular flexibility index (Phi) is 4.84. The van der Waals surface area contributed by atoms with Gasteiger partial charge in [0, 0.05) is 12.0 Å². The molecule has 0 aliphatic rings. The van der Waals surface area contributed by atoms with Crippen LogP contribution in [-0.2, 0) is 6.42 Å². The predicted molar refractivity (Wildman–Crippen MR) is 82.4 cm³/mol. The number of aryl methyl sites for hydroxylation is 1. The minimum Gasteiger partial charge on any atom is -0.296 e. The van der Waals surface area contributed by atoms with Gasteiger partial charge in [0.15, 0.2) is 0 Å². The molecule has 0 radical (unpaired) electrons. The summed E-state index contributed by atoms with van der Waals surface area (Å²) in [5, 5.41) is 12.3. The van der Waals surface area contributed by atoms with Gasteiger partial charge < -0.3 is 0 Å². The van der Waals surface area contributed by atoms with Crippen LogP contribution in [0, 0.1) is 0 Å². The van der Waals surface area contributed by atoms with Crippen molar-refractivity contribution in [1.82, 2.24) is 10.2 Å². The number of amides is 1. The molecule has 0 saturated carbocycles. The molecule has 0 unspecified atom stereocenters. The highest BCUT2D eigenvalue weighted by Gasteiger charge is 2.10. The van der Waals surface area contributed by atoms with E-state index in [2.05, 4.69) is 36.3 Å². The predicted octanol–water partition coefficient (Wildman–Crippen LogP) is 3.87. The third kappa shape index (κ3) is 3.63. The average Bonchev–Trinajstić information content (AvgIpc) is 2.86. The van der Waals surface area contributed by atoms with Gasteiger partial charge in [-0.3, -0.25) is 10.1 Å². The van der Waals surface area contributed by atoms with Gasteiger partial charge >= 0.3 is 0 Å². The van der Waals surface area contributed by atoms with Crippen LogP contribution in [0.3, 0.4) is 0 Å². The summed E-state index contributed by atoms with van der Waals surface area (Å²) in [7, 11) is 0. The number of aromatic nitrogens is 2. The zero-order chi connectivity index (χ0) is 14.5. The number of anilines is 1. The third-order valence-electron chi connectivity index (χ3n) is 2.99. The van der Waals surface area contributed by atoms with Gasteiger partial charge in [-0.25, -0.2) is 0 Å². The molecule has 1 heterocycles. The molecule has 20 heavy (non-hydrogen) atoms. The van der Waals surface area contributed by atoms with Crippen LogP contribution in [0.2, 0.25) is 0 Å². The zero-order valence-electron chi connectivity index (χ0n) is 12.0. The molecule has 4 nitrogen and oxygen atoms in total. The SMILES string of the molecule is CCCc1nnc(NC(=O)c2ccc(C(C)C)cc2)s1. The number of benzene rings is 1. The van der Waals surface area contributed by atoms with Crippen LogP contribution in [0.5, 0.6) is 0 Å². The van der Waals surface area contributed by atoms with E-state index in [4.69, 9.17) is 0 Å². The van der Waals surface area contributed by atoms with Crippen molar-refractivity contribution in [1.29, 1.82) is 0 Å². The standard InChI is InChI=1S/C15H19N3OS/c1-4-5-13-17-18-15(20-13)16-14(19)12-8-6-11(7-9-12)10(2)3/h6-10H,4-5H2,1-3H3,(H,16,18,19). The number of carbonyl (C=O) groups excluding carboxylic acids is 1. The topological polar surface area (TPSA) is 54.9 Å². The van der Waals surface area contributed by atoms with Crippen LogP contribution in [0.15, 0.2) is 24.3 Å². The van der Waals surface area contributed by atoms with E-state index in [1.807, 2.05) is 24.3 Å². The van der Waals surface area contributed by atoms with Crippen molar-refractivity contribution >= 4 is 22.4 Å². The van der Waals surface area contributed by atoms with E-state index in [-0.39, 0.29) is 5.91 Å². The Hall–Kier alpha value is -1.75. The van der Waals surface area contributed by atoms with E-state index in [1.165, 1.54) is 16.9 Å². The molecule has 0 aliphatic carbocycles. The molecule has 1 amide bonds. The fraction of sp³-hybridized carbons (Fsp3) is 0.400. The highest BCUT2D eigenvalue weighted by atomic mass is 32.1. The zero-order valence-corrected chi connectivity index (χ0v) is 12.8. The minimum absolute atomic E-state index is 0.139.